The van der Waals surface area contributed by atoms with E-state index in [4.69, 9.17) is 11.6 Å². The molecule has 0 bridgehead atoms. The molecular weight excluding hydrogens is 440 g/mol. The molecule has 4 rings (SSSR count). The number of hydrogen-bond acceptors (Lipinski definition) is 3. The summed E-state index contributed by atoms with van der Waals surface area (Å²) in [5.41, 5.74) is 6.64. The van der Waals surface area contributed by atoms with Gasteiger partial charge in [0.2, 0.25) is 0 Å². The Morgan fingerprint density at radius 1 is 1.21 bits per heavy atom. The molecule has 2 aliphatic rings. The summed E-state index contributed by atoms with van der Waals surface area (Å²) in [6.07, 6.45) is 10.7. The van der Waals surface area contributed by atoms with Crippen LogP contribution < -0.4 is 10.6 Å². The van der Waals surface area contributed by atoms with Crippen molar-refractivity contribution in [2.75, 3.05) is 13.1 Å². The van der Waals surface area contributed by atoms with Gasteiger partial charge in [-0.2, -0.15) is 0 Å². The number of H-pyrrole nitrogens is 1. The fourth-order valence-corrected chi connectivity index (χ4v) is 5.36. The van der Waals surface area contributed by atoms with Crippen LogP contribution in [0.5, 0.6) is 0 Å². The Kier molecular flexibility index (Phi) is 11.9. The first kappa shape index (κ1) is 28.2. The number of imidazole rings is 1. The molecule has 1 saturated heterocycles. The minimum absolute atomic E-state index is 0.327. The zero-order valence-corrected chi connectivity index (χ0v) is 22.8. The van der Waals surface area contributed by atoms with E-state index in [9.17, 15) is 0 Å². The van der Waals surface area contributed by atoms with Gasteiger partial charge < -0.3 is 15.6 Å². The summed E-state index contributed by atoms with van der Waals surface area (Å²) >= 11 is 6.32. The lowest BCUT2D eigenvalue weighted by molar-refractivity contribution is 0.286. The lowest BCUT2D eigenvalue weighted by Gasteiger charge is -2.38. The van der Waals surface area contributed by atoms with E-state index in [1.165, 1.54) is 36.0 Å². The molecule has 3 N–H and O–H groups in total. The summed E-state index contributed by atoms with van der Waals surface area (Å²) < 4.78 is 0. The number of allylic oxidation sites excluding steroid dienone is 1. The molecule has 1 aliphatic carbocycles. The van der Waals surface area contributed by atoms with Gasteiger partial charge in [-0.05, 0) is 100.0 Å². The fourth-order valence-electron chi connectivity index (χ4n) is 5.17. The molecule has 0 amide bonds. The third kappa shape index (κ3) is 7.48. The second-order valence-electron chi connectivity index (χ2n) is 9.52. The highest BCUT2D eigenvalue weighted by molar-refractivity contribution is 6.30. The van der Waals surface area contributed by atoms with Gasteiger partial charge in [0.25, 0.3) is 0 Å². The predicted molar refractivity (Wildman–Crippen MR) is 148 cm³/mol. The van der Waals surface area contributed by atoms with Crippen molar-refractivity contribution in [3.8, 4) is 0 Å². The predicted octanol–water partition coefficient (Wildman–Crippen LogP) is 7.11. The van der Waals surface area contributed by atoms with Crippen LogP contribution in [0.4, 0.5) is 0 Å². The molecule has 0 radical (unpaired) electrons. The third-order valence-corrected chi connectivity index (χ3v) is 7.12. The standard InChI is InChI=1S/C21H29ClN2.C5H8N2.C3H8/c1-4-18-14(3)12-16-13-17(22)6-7-19(16)20(21(18)24-5-2)15-8-10-23-11-9-15;1-4-5(2)7-3-6-4;1-3-2/h4-7,13-15,20-21,23-24H,2,8-12H2,1,3H3;3H,1-2H3,(H,6,7);3H2,1-2H3/b18-4-;;. The summed E-state index contributed by atoms with van der Waals surface area (Å²) in [5.74, 6) is 1.67. The quantitative estimate of drug-likeness (QED) is 0.321. The molecule has 3 atom stereocenters. The second kappa shape index (κ2) is 14.4. The summed E-state index contributed by atoms with van der Waals surface area (Å²) in [6.45, 7) is 18.9. The van der Waals surface area contributed by atoms with Crippen molar-refractivity contribution in [3.05, 3.63) is 76.5 Å². The van der Waals surface area contributed by atoms with E-state index in [2.05, 4.69) is 79.2 Å². The molecule has 34 heavy (non-hydrogen) atoms. The lowest BCUT2D eigenvalue weighted by Crippen LogP contribution is -2.41. The normalized spacial score (nSPS) is 23.5. The monoisotopic (exact) mass is 484 g/mol. The van der Waals surface area contributed by atoms with Crippen LogP contribution in [0.1, 0.15) is 75.4 Å². The number of halogens is 1. The molecule has 0 saturated carbocycles. The number of piperidine rings is 1. The third-order valence-electron chi connectivity index (χ3n) is 6.88. The second-order valence-corrected chi connectivity index (χ2v) is 9.96. The maximum absolute atomic E-state index is 6.32. The molecular formula is C29H45ClN4. The summed E-state index contributed by atoms with van der Waals surface area (Å²) in [4.78, 5) is 6.92. The molecule has 1 fully saturated rings. The van der Waals surface area contributed by atoms with Crippen molar-refractivity contribution in [1.29, 1.82) is 0 Å². The fraction of sp³-hybridized carbons (Fsp3) is 0.552. The number of nitrogens with zero attached hydrogens (tertiary/aromatic N) is 1. The Bertz CT molecular complexity index is 894. The number of aromatic amines is 1. The highest BCUT2D eigenvalue weighted by Gasteiger charge is 2.38. The lowest BCUT2D eigenvalue weighted by atomic mass is 9.73. The number of nitrogens with one attached hydrogen (secondary N) is 3. The molecule has 1 aliphatic heterocycles. The van der Waals surface area contributed by atoms with Crippen LogP contribution in [0.3, 0.4) is 0 Å². The van der Waals surface area contributed by atoms with Crippen molar-refractivity contribution in [2.45, 2.75) is 79.2 Å². The molecule has 4 nitrogen and oxygen atoms in total. The highest BCUT2D eigenvalue weighted by Crippen LogP contribution is 2.43. The molecule has 2 aromatic rings. The van der Waals surface area contributed by atoms with Gasteiger partial charge in [-0.25, -0.2) is 4.98 Å². The molecule has 1 aromatic heterocycles. The zero-order chi connectivity index (χ0) is 25.1. The first-order valence-electron chi connectivity index (χ1n) is 12.9. The van der Waals surface area contributed by atoms with Gasteiger partial charge in [0.05, 0.1) is 18.1 Å². The topological polar surface area (TPSA) is 52.7 Å². The maximum Gasteiger partial charge on any atom is 0.0925 e. The Morgan fingerprint density at radius 3 is 2.38 bits per heavy atom. The highest BCUT2D eigenvalue weighted by atomic mass is 35.5. The molecule has 1 aromatic carbocycles. The van der Waals surface area contributed by atoms with Gasteiger partial charge in [0, 0.05) is 16.6 Å². The summed E-state index contributed by atoms with van der Waals surface area (Å²) in [6, 6.07) is 6.84. The number of hydrogen-bond donors (Lipinski definition) is 3. The first-order valence-corrected chi connectivity index (χ1v) is 13.2. The number of fused-ring (bicyclic) bond motifs is 1. The number of aryl methyl sites for hydroxylation is 2. The average molecular weight is 485 g/mol. The van der Waals surface area contributed by atoms with Gasteiger partial charge in [0.15, 0.2) is 0 Å². The van der Waals surface area contributed by atoms with Crippen molar-refractivity contribution < 1.29 is 0 Å². The number of aromatic nitrogens is 2. The van der Waals surface area contributed by atoms with Gasteiger partial charge in [-0.3, -0.25) is 0 Å². The van der Waals surface area contributed by atoms with Gasteiger partial charge in [0.1, 0.15) is 0 Å². The summed E-state index contributed by atoms with van der Waals surface area (Å²) in [7, 11) is 0. The van der Waals surface area contributed by atoms with Crippen LogP contribution in [-0.2, 0) is 6.42 Å². The summed E-state index contributed by atoms with van der Waals surface area (Å²) in [5, 5.41) is 7.96. The van der Waals surface area contributed by atoms with E-state index in [1.807, 2.05) is 20.0 Å². The van der Waals surface area contributed by atoms with E-state index in [-0.39, 0.29) is 0 Å². The van der Waals surface area contributed by atoms with Crippen LogP contribution >= 0.6 is 11.6 Å². The Hall–Kier alpha value is -2.04. The molecule has 5 heteroatoms. The largest absolute Gasteiger partial charge is 0.384 e. The van der Waals surface area contributed by atoms with Crippen LogP contribution in [0.15, 0.2) is 49.0 Å². The van der Waals surface area contributed by atoms with E-state index in [1.54, 1.807) is 6.33 Å². The molecule has 3 unspecified atom stereocenters. The van der Waals surface area contributed by atoms with E-state index < -0.39 is 0 Å². The van der Waals surface area contributed by atoms with E-state index >= 15 is 0 Å². The Balaban J connectivity index is 0.000000341. The van der Waals surface area contributed by atoms with Crippen LogP contribution in [-0.4, -0.2) is 29.1 Å². The van der Waals surface area contributed by atoms with Crippen LogP contribution in [0.25, 0.3) is 0 Å². The molecule has 188 valence electrons. The number of rotatable bonds is 3. The van der Waals surface area contributed by atoms with E-state index in [0.29, 0.717) is 23.8 Å². The van der Waals surface area contributed by atoms with E-state index in [0.717, 1.165) is 35.9 Å². The minimum atomic E-state index is 0.327. The number of benzene rings is 1. The van der Waals surface area contributed by atoms with Gasteiger partial charge in [-0.15, -0.1) is 0 Å². The van der Waals surface area contributed by atoms with Crippen molar-refractivity contribution in [1.82, 2.24) is 20.6 Å². The molecule has 0 spiro atoms. The zero-order valence-electron chi connectivity index (χ0n) is 22.0. The van der Waals surface area contributed by atoms with Crippen LogP contribution in [0, 0.1) is 25.7 Å². The maximum atomic E-state index is 6.32. The van der Waals surface area contributed by atoms with Crippen molar-refractivity contribution >= 4 is 11.6 Å². The first-order chi connectivity index (χ1) is 16.4. The van der Waals surface area contributed by atoms with Crippen molar-refractivity contribution in [3.63, 3.8) is 0 Å². The Morgan fingerprint density at radius 2 is 1.88 bits per heavy atom. The Labute approximate surface area is 212 Å². The molecule has 2 heterocycles. The smallest absolute Gasteiger partial charge is 0.0925 e. The van der Waals surface area contributed by atoms with Gasteiger partial charge in [-0.1, -0.05) is 57.5 Å². The van der Waals surface area contributed by atoms with Crippen molar-refractivity contribution in [2.24, 2.45) is 11.8 Å². The van der Waals surface area contributed by atoms with Crippen LogP contribution in [0.2, 0.25) is 5.02 Å². The minimum Gasteiger partial charge on any atom is -0.384 e. The van der Waals surface area contributed by atoms with Gasteiger partial charge >= 0.3 is 0 Å². The average Bonchev–Trinajstić information content (AvgIpc) is 3.14. The SMILES string of the molecule is C=CNC1/C(=C\C)C(C)Cc2cc(Cl)ccc2C1C1CCNCC1.CCC.Cc1nc[nH]c1C.